The topological polar surface area (TPSA) is 50.6 Å². The van der Waals surface area contributed by atoms with Crippen molar-refractivity contribution < 1.29 is 9.53 Å². The van der Waals surface area contributed by atoms with E-state index >= 15 is 0 Å². The van der Waals surface area contributed by atoms with Crippen LogP contribution in [-0.2, 0) is 23.1 Å². The third kappa shape index (κ3) is 2.96. The number of hydrogen-bond donors (Lipinski definition) is 0. The molecule has 1 atom stereocenters. The minimum Gasteiger partial charge on any atom is -0.363 e. The Kier molecular flexibility index (Phi) is 4.12. The van der Waals surface area contributed by atoms with Crippen molar-refractivity contribution in [3.63, 3.8) is 0 Å². The fourth-order valence-electron chi connectivity index (χ4n) is 3.23. The monoisotopic (exact) mass is 316 g/mol. The highest BCUT2D eigenvalue weighted by Crippen LogP contribution is 2.22. The van der Waals surface area contributed by atoms with Gasteiger partial charge in [0.15, 0.2) is 5.60 Å². The van der Waals surface area contributed by atoms with E-state index in [1.54, 1.807) is 19.0 Å². The van der Waals surface area contributed by atoms with Gasteiger partial charge in [0.05, 0.1) is 24.2 Å². The first-order valence-corrected chi connectivity index (χ1v) is 7.89. The Labute approximate surface area is 136 Å². The van der Waals surface area contributed by atoms with Gasteiger partial charge in [0, 0.05) is 34.2 Å². The number of aromatic nitrogens is 2. The van der Waals surface area contributed by atoms with Crippen LogP contribution < -0.4 is 0 Å². The summed E-state index contributed by atoms with van der Waals surface area (Å²) >= 11 is 0. The SMILES string of the molecule is CN(C)C(=O)C1(C)CN(Cc2nc3ccccc3n2C)CCO1. The molecule has 1 saturated heterocycles. The largest absolute Gasteiger partial charge is 0.363 e. The quantitative estimate of drug-likeness (QED) is 0.855. The molecule has 23 heavy (non-hydrogen) atoms. The predicted molar refractivity (Wildman–Crippen MR) is 89.0 cm³/mol. The van der Waals surface area contributed by atoms with Gasteiger partial charge in [0.25, 0.3) is 5.91 Å². The molecular formula is C17H24N4O2. The number of para-hydroxylation sites is 2. The maximum Gasteiger partial charge on any atom is 0.255 e. The van der Waals surface area contributed by atoms with Gasteiger partial charge in [-0.15, -0.1) is 0 Å². The summed E-state index contributed by atoms with van der Waals surface area (Å²) in [5.74, 6) is 1.01. The van der Waals surface area contributed by atoms with Crippen LogP contribution >= 0.6 is 0 Å². The van der Waals surface area contributed by atoms with E-state index in [-0.39, 0.29) is 5.91 Å². The van der Waals surface area contributed by atoms with Crippen LogP contribution in [0.1, 0.15) is 12.7 Å². The van der Waals surface area contributed by atoms with Gasteiger partial charge in [-0.2, -0.15) is 0 Å². The highest BCUT2D eigenvalue weighted by atomic mass is 16.5. The third-order valence-corrected chi connectivity index (χ3v) is 4.46. The summed E-state index contributed by atoms with van der Waals surface area (Å²) < 4.78 is 7.91. The molecule has 2 heterocycles. The molecule has 2 aromatic rings. The van der Waals surface area contributed by atoms with Crippen LogP contribution in [0.15, 0.2) is 24.3 Å². The van der Waals surface area contributed by atoms with E-state index in [1.807, 2.05) is 32.2 Å². The van der Waals surface area contributed by atoms with E-state index in [9.17, 15) is 4.79 Å². The van der Waals surface area contributed by atoms with E-state index in [0.717, 1.165) is 23.4 Å². The van der Waals surface area contributed by atoms with Crippen LogP contribution in [0.3, 0.4) is 0 Å². The summed E-state index contributed by atoms with van der Waals surface area (Å²) in [4.78, 5) is 20.9. The molecule has 1 aromatic heterocycles. The molecule has 1 aliphatic heterocycles. The number of rotatable bonds is 3. The maximum absolute atomic E-state index is 12.4. The molecule has 124 valence electrons. The molecule has 0 radical (unpaired) electrons. The molecule has 3 rings (SSSR count). The van der Waals surface area contributed by atoms with Crippen molar-refractivity contribution in [2.24, 2.45) is 7.05 Å². The zero-order valence-corrected chi connectivity index (χ0v) is 14.2. The predicted octanol–water partition coefficient (Wildman–Crippen LogP) is 1.25. The number of benzene rings is 1. The summed E-state index contributed by atoms with van der Waals surface area (Å²) in [6.07, 6.45) is 0. The Morgan fingerprint density at radius 3 is 2.83 bits per heavy atom. The number of amides is 1. The molecule has 1 unspecified atom stereocenters. The van der Waals surface area contributed by atoms with Crippen molar-refractivity contribution in [1.82, 2.24) is 19.4 Å². The number of fused-ring (bicyclic) bond motifs is 1. The van der Waals surface area contributed by atoms with Crippen LogP contribution in [0.5, 0.6) is 0 Å². The number of carbonyl (C=O) groups is 1. The van der Waals surface area contributed by atoms with E-state index in [2.05, 4.69) is 15.5 Å². The van der Waals surface area contributed by atoms with E-state index in [0.29, 0.717) is 19.7 Å². The number of likely N-dealkylation sites (N-methyl/N-ethyl adjacent to an activating group) is 1. The molecule has 0 aliphatic carbocycles. The number of ether oxygens (including phenoxy) is 1. The van der Waals surface area contributed by atoms with Gasteiger partial charge in [-0.3, -0.25) is 9.69 Å². The van der Waals surface area contributed by atoms with Crippen LogP contribution in [0.4, 0.5) is 0 Å². The number of carbonyl (C=O) groups excluding carboxylic acids is 1. The second kappa shape index (κ2) is 5.94. The molecule has 0 N–H and O–H groups in total. The average molecular weight is 316 g/mol. The molecule has 0 saturated carbocycles. The van der Waals surface area contributed by atoms with E-state index < -0.39 is 5.60 Å². The Morgan fingerprint density at radius 2 is 2.13 bits per heavy atom. The number of nitrogens with zero attached hydrogens (tertiary/aromatic N) is 4. The standard InChI is InChI=1S/C17H24N4O2/c1-17(16(22)19(2)3)12-21(9-10-23-17)11-15-18-13-7-5-6-8-14(13)20(15)4/h5-8H,9-12H2,1-4H3. The first-order chi connectivity index (χ1) is 10.9. The average Bonchev–Trinajstić information content (AvgIpc) is 2.83. The molecule has 0 spiro atoms. The lowest BCUT2D eigenvalue weighted by molar-refractivity contribution is -0.165. The van der Waals surface area contributed by atoms with E-state index in [1.165, 1.54) is 0 Å². The number of hydrogen-bond acceptors (Lipinski definition) is 4. The summed E-state index contributed by atoms with van der Waals surface area (Å²) in [6.45, 7) is 4.52. The first-order valence-electron chi connectivity index (χ1n) is 7.89. The molecule has 1 aliphatic rings. The van der Waals surface area contributed by atoms with Gasteiger partial charge < -0.3 is 14.2 Å². The van der Waals surface area contributed by atoms with Gasteiger partial charge in [0.2, 0.25) is 0 Å². The molecular weight excluding hydrogens is 292 g/mol. The second-order valence-corrected chi connectivity index (χ2v) is 6.57. The molecule has 1 aromatic carbocycles. The number of imidazole rings is 1. The molecule has 1 amide bonds. The van der Waals surface area contributed by atoms with Gasteiger partial charge in [-0.25, -0.2) is 4.98 Å². The Bertz CT molecular complexity index is 724. The highest BCUT2D eigenvalue weighted by molar-refractivity contribution is 5.84. The zero-order chi connectivity index (χ0) is 16.6. The van der Waals surface area contributed by atoms with Gasteiger partial charge in [0.1, 0.15) is 5.82 Å². The summed E-state index contributed by atoms with van der Waals surface area (Å²) in [5, 5.41) is 0. The lowest BCUT2D eigenvalue weighted by Gasteiger charge is -2.40. The van der Waals surface area contributed by atoms with Gasteiger partial charge in [-0.05, 0) is 19.1 Å². The molecule has 1 fully saturated rings. The minimum atomic E-state index is -0.785. The normalized spacial score (nSPS) is 22.4. The lowest BCUT2D eigenvalue weighted by atomic mass is 10.0. The van der Waals surface area contributed by atoms with Gasteiger partial charge >= 0.3 is 0 Å². The Balaban J connectivity index is 1.79. The number of aryl methyl sites for hydroxylation is 1. The van der Waals surface area contributed by atoms with Crippen LogP contribution in [0.2, 0.25) is 0 Å². The Morgan fingerprint density at radius 1 is 1.39 bits per heavy atom. The third-order valence-electron chi connectivity index (χ3n) is 4.46. The molecule has 6 nitrogen and oxygen atoms in total. The van der Waals surface area contributed by atoms with Crippen molar-refractivity contribution in [1.29, 1.82) is 0 Å². The van der Waals surface area contributed by atoms with Gasteiger partial charge in [-0.1, -0.05) is 12.1 Å². The van der Waals surface area contributed by atoms with Crippen molar-refractivity contribution in [3.8, 4) is 0 Å². The van der Waals surface area contributed by atoms with Crippen LogP contribution in [0.25, 0.3) is 11.0 Å². The molecule has 0 bridgehead atoms. The Hall–Kier alpha value is -1.92. The summed E-state index contributed by atoms with van der Waals surface area (Å²) in [7, 11) is 5.57. The highest BCUT2D eigenvalue weighted by Gasteiger charge is 2.40. The fourth-order valence-corrected chi connectivity index (χ4v) is 3.23. The van der Waals surface area contributed by atoms with Crippen molar-refractivity contribution in [3.05, 3.63) is 30.1 Å². The van der Waals surface area contributed by atoms with Crippen molar-refractivity contribution in [2.45, 2.75) is 19.1 Å². The lowest BCUT2D eigenvalue weighted by Crippen LogP contribution is -2.57. The summed E-state index contributed by atoms with van der Waals surface area (Å²) in [5.41, 5.74) is 1.35. The molecule has 6 heteroatoms. The van der Waals surface area contributed by atoms with Crippen LogP contribution in [0, 0.1) is 0 Å². The minimum absolute atomic E-state index is 0.00667. The summed E-state index contributed by atoms with van der Waals surface area (Å²) in [6, 6.07) is 8.12. The second-order valence-electron chi connectivity index (χ2n) is 6.57. The van der Waals surface area contributed by atoms with Crippen molar-refractivity contribution >= 4 is 16.9 Å². The van der Waals surface area contributed by atoms with Crippen LogP contribution in [-0.4, -0.2) is 64.7 Å². The van der Waals surface area contributed by atoms with Crippen molar-refractivity contribution in [2.75, 3.05) is 33.8 Å². The zero-order valence-electron chi connectivity index (χ0n) is 14.2. The number of morpholine rings is 1. The fraction of sp³-hybridized carbons (Fsp3) is 0.529. The maximum atomic E-state index is 12.4. The van der Waals surface area contributed by atoms with E-state index in [4.69, 9.17) is 9.72 Å². The first kappa shape index (κ1) is 16.0. The smallest absolute Gasteiger partial charge is 0.255 e.